The summed E-state index contributed by atoms with van der Waals surface area (Å²) in [5.74, 6) is 0.758. The van der Waals surface area contributed by atoms with Crippen molar-refractivity contribution in [1.29, 1.82) is 0 Å². The summed E-state index contributed by atoms with van der Waals surface area (Å²) in [6, 6.07) is 12.8. The van der Waals surface area contributed by atoms with Gasteiger partial charge in [-0.15, -0.1) is 10.2 Å². The van der Waals surface area contributed by atoms with Gasteiger partial charge in [0.05, 0.1) is 17.7 Å². The lowest BCUT2D eigenvalue weighted by Crippen LogP contribution is -2.28. The first-order valence-electron chi connectivity index (χ1n) is 10.5. The fourth-order valence-electron chi connectivity index (χ4n) is 3.58. The number of carbonyl (C=O) groups excluding carboxylic acids is 1. The average Bonchev–Trinajstić information content (AvgIpc) is 3.30. The SMILES string of the molecule is CC(C)c1cc(=O)n(CC(=O)Nc2cccc(-c3ccc(N4CCCC4)nn3)c2)cn1. The van der Waals surface area contributed by atoms with Gasteiger partial charge in [0.15, 0.2) is 5.82 Å². The van der Waals surface area contributed by atoms with E-state index in [1.54, 1.807) is 6.07 Å². The molecule has 0 aliphatic carbocycles. The maximum Gasteiger partial charge on any atom is 0.254 e. The van der Waals surface area contributed by atoms with Crippen molar-refractivity contribution < 1.29 is 4.79 Å². The van der Waals surface area contributed by atoms with Crippen LogP contribution in [-0.4, -0.2) is 38.7 Å². The van der Waals surface area contributed by atoms with Gasteiger partial charge in [-0.25, -0.2) is 4.98 Å². The van der Waals surface area contributed by atoms with E-state index in [0.29, 0.717) is 11.4 Å². The van der Waals surface area contributed by atoms with E-state index in [1.165, 1.54) is 29.8 Å². The Balaban J connectivity index is 1.43. The van der Waals surface area contributed by atoms with Crippen molar-refractivity contribution in [3.8, 4) is 11.3 Å². The molecule has 8 heteroatoms. The molecule has 0 atom stereocenters. The Kier molecular flexibility index (Phi) is 6.06. The van der Waals surface area contributed by atoms with Gasteiger partial charge in [-0.2, -0.15) is 0 Å². The van der Waals surface area contributed by atoms with Crippen molar-refractivity contribution in [2.24, 2.45) is 0 Å². The van der Waals surface area contributed by atoms with Crippen LogP contribution in [0.5, 0.6) is 0 Å². The number of carbonyl (C=O) groups is 1. The van der Waals surface area contributed by atoms with Crippen LogP contribution in [-0.2, 0) is 11.3 Å². The first kappa shape index (κ1) is 20.7. The molecule has 4 rings (SSSR count). The molecular weight excluding hydrogens is 392 g/mol. The number of nitrogens with zero attached hydrogens (tertiary/aromatic N) is 5. The fraction of sp³-hybridized carbons (Fsp3) is 0.348. The van der Waals surface area contributed by atoms with E-state index in [4.69, 9.17) is 0 Å². The van der Waals surface area contributed by atoms with E-state index >= 15 is 0 Å². The highest BCUT2D eigenvalue weighted by atomic mass is 16.2. The highest BCUT2D eigenvalue weighted by Crippen LogP contribution is 2.23. The number of benzene rings is 1. The molecule has 1 aliphatic heterocycles. The summed E-state index contributed by atoms with van der Waals surface area (Å²) >= 11 is 0. The fourth-order valence-corrected chi connectivity index (χ4v) is 3.58. The molecule has 0 saturated carbocycles. The highest BCUT2D eigenvalue weighted by molar-refractivity contribution is 5.91. The third-order valence-electron chi connectivity index (χ3n) is 5.33. The number of rotatable bonds is 6. The molecule has 1 fully saturated rings. The van der Waals surface area contributed by atoms with Gasteiger partial charge in [0, 0.05) is 30.4 Å². The van der Waals surface area contributed by atoms with E-state index in [0.717, 1.165) is 30.2 Å². The number of anilines is 2. The summed E-state index contributed by atoms with van der Waals surface area (Å²) in [7, 11) is 0. The van der Waals surface area contributed by atoms with Crippen LogP contribution in [0.25, 0.3) is 11.3 Å². The molecule has 1 saturated heterocycles. The molecule has 160 valence electrons. The van der Waals surface area contributed by atoms with E-state index in [9.17, 15) is 9.59 Å². The van der Waals surface area contributed by atoms with Gasteiger partial charge in [-0.3, -0.25) is 14.2 Å². The molecular formula is C23H26N6O2. The molecule has 2 aromatic heterocycles. The lowest BCUT2D eigenvalue weighted by Gasteiger charge is -2.15. The Labute approximate surface area is 181 Å². The van der Waals surface area contributed by atoms with Crippen molar-refractivity contribution in [2.45, 2.75) is 39.2 Å². The normalized spacial score (nSPS) is 13.6. The second-order valence-electron chi connectivity index (χ2n) is 8.03. The summed E-state index contributed by atoms with van der Waals surface area (Å²) in [5.41, 5.74) is 2.71. The minimum atomic E-state index is -0.297. The Morgan fingerprint density at radius 3 is 2.58 bits per heavy atom. The lowest BCUT2D eigenvalue weighted by molar-refractivity contribution is -0.116. The topological polar surface area (TPSA) is 93.0 Å². The molecule has 1 amide bonds. The molecule has 0 unspecified atom stereocenters. The highest BCUT2D eigenvalue weighted by Gasteiger charge is 2.14. The van der Waals surface area contributed by atoms with Gasteiger partial charge in [-0.1, -0.05) is 26.0 Å². The standard InChI is InChI=1S/C23H26N6O2/c1-16(2)20-13-23(31)29(15-24-20)14-22(30)25-18-7-5-6-17(12-18)19-8-9-21(27-26-19)28-10-3-4-11-28/h5-9,12-13,15-16H,3-4,10-11,14H2,1-2H3,(H,25,30). The van der Waals surface area contributed by atoms with E-state index in [2.05, 4.69) is 25.4 Å². The maximum absolute atomic E-state index is 12.5. The number of aromatic nitrogens is 4. The Bertz CT molecular complexity index is 1120. The smallest absolute Gasteiger partial charge is 0.254 e. The van der Waals surface area contributed by atoms with Crippen LogP contribution in [0, 0.1) is 0 Å². The lowest BCUT2D eigenvalue weighted by atomic mass is 10.1. The van der Waals surface area contributed by atoms with Crippen LogP contribution in [0.15, 0.2) is 53.6 Å². The average molecular weight is 419 g/mol. The van der Waals surface area contributed by atoms with Gasteiger partial charge in [0.1, 0.15) is 6.54 Å². The monoisotopic (exact) mass is 418 g/mol. The Morgan fingerprint density at radius 2 is 1.90 bits per heavy atom. The molecule has 3 heterocycles. The first-order valence-corrected chi connectivity index (χ1v) is 10.5. The Hall–Kier alpha value is -3.55. The van der Waals surface area contributed by atoms with Crippen LogP contribution in [0.1, 0.15) is 38.3 Å². The van der Waals surface area contributed by atoms with Crippen molar-refractivity contribution in [3.05, 3.63) is 64.8 Å². The zero-order valence-corrected chi connectivity index (χ0v) is 17.8. The van der Waals surface area contributed by atoms with Gasteiger partial charge in [0.25, 0.3) is 5.56 Å². The van der Waals surface area contributed by atoms with Crippen LogP contribution >= 0.6 is 0 Å². The molecule has 31 heavy (non-hydrogen) atoms. The predicted molar refractivity (Wildman–Crippen MR) is 120 cm³/mol. The second-order valence-corrected chi connectivity index (χ2v) is 8.03. The second kappa shape index (κ2) is 9.07. The molecule has 0 radical (unpaired) electrons. The summed E-state index contributed by atoms with van der Waals surface area (Å²) in [4.78, 5) is 31.2. The van der Waals surface area contributed by atoms with Crippen LogP contribution in [0.3, 0.4) is 0 Å². The molecule has 1 aliphatic rings. The maximum atomic E-state index is 12.5. The van der Waals surface area contributed by atoms with Crippen molar-refractivity contribution in [2.75, 3.05) is 23.3 Å². The largest absolute Gasteiger partial charge is 0.355 e. The van der Waals surface area contributed by atoms with Gasteiger partial charge in [0.2, 0.25) is 5.91 Å². The third kappa shape index (κ3) is 4.96. The summed E-state index contributed by atoms with van der Waals surface area (Å²) in [6.07, 6.45) is 3.80. The van der Waals surface area contributed by atoms with Crippen LogP contribution in [0.4, 0.5) is 11.5 Å². The number of hydrogen-bond acceptors (Lipinski definition) is 6. The molecule has 0 bridgehead atoms. The van der Waals surface area contributed by atoms with Crippen molar-refractivity contribution >= 4 is 17.4 Å². The molecule has 3 aromatic rings. The quantitative estimate of drug-likeness (QED) is 0.661. The molecule has 1 aromatic carbocycles. The minimum absolute atomic E-state index is 0.0984. The predicted octanol–water partition coefficient (Wildman–Crippen LogP) is 3.06. The Morgan fingerprint density at radius 1 is 1.10 bits per heavy atom. The van der Waals surface area contributed by atoms with E-state index in [-0.39, 0.29) is 23.9 Å². The number of hydrogen-bond donors (Lipinski definition) is 1. The van der Waals surface area contributed by atoms with Gasteiger partial charge < -0.3 is 10.2 Å². The van der Waals surface area contributed by atoms with E-state index < -0.39 is 0 Å². The summed E-state index contributed by atoms with van der Waals surface area (Å²) < 4.78 is 1.30. The van der Waals surface area contributed by atoms with Crippen LogP contribution < -0.4 is 15.8 Å². The molecule has 0 spiro atoms. The van der Waals surface area contributed by atoms with Gasteiger partial charge >= 0.3 is 0 Å². The number of amides is 1. The molecule has 1 N–H and O–H groups in total. The van der Waals surface area contributed by atoms with Crippen LogP contribution in [0.2, 0.25) is 0 Å². The summed E-state index contributed by atoms with van der Waals surface area (Å²) in [6.45, 7) is 5.88. The third-order valence-corrected chi connectivity index (χ3v) is 5.33. The van der Waals surface area contributed by atoms with E-state index in [1.807, 2.05) is 44.2 Å². The first-order chi connectivity index (χ1) is 15.0. The van der Waals surface area contributed by atoms with Crippen molar-refractivity contribution in [3.63, 3.8) is 0 Å². The zero-order valence-electron chi connectivity index (χ0n) is 17.8. The zero-order chi connectivity index (χ0) is 21.8. The minimum Gasteiger partial charge on any atom is -0.355 e. The molecule has 8 nitrogen and oxygen atoms in total. The summed E-state index contributed by atoms with van der Waals surface area (Å²) in [5, 5.41) is 11.6. The van der Waals surface area contributed by atoms with Gasteiger partial charge in [-0.05, 0) is 43.0 Å². The number of nitrogens with one attached hydrogen (secondary N) is 1. The van der Waals surface area contributed by atoms with Crippen molar-refractivity contribution in [1.82, 2.24) is 19.7 Å².